The Bertz CT molecular complexity index is 512. The summed E-state index contributed by atoms with van der Waals surface area (Å²) in [6.45, 7) is 3.73. The maximum Gasteiger partial charge on any atom is 0.211 e. The Labute approximate surface area is 112 Å². The van der Waals surface area contributed by atoms with Crippen LogP contribution in [0, 0.1) is 6.92 Å². The fourth-order valence-electron chi connectivity index (χ4n) is 2.19. The Hall–Kier alpha value is -0.660. The van der Waals surface area contributed by atoms with Gasteiger partial charge in [0.25, 0.3) is 0 Å². The van der Waals surface area contributed by atoms with E-state index in [1.165, 1.54) is 15.4 Å². The zero-order valence-electron chi connectivity index (χ0n) is 11.0. The Kier molecular flexibility index (Phi) is 3.93. The molecule has 0 spiro atoms. The summed E-state index contributed by atoms with van der Waals surface area (Å²) >= 11 is 1.66. The van der Waals surface area contributed by atoms with E-state index in [-0.39, 0.29) is 6.04 Å². The number of likely N-dealkylation sites (N-methyl/N-ethyl adjacent to an activating group) is 1. The molecule has 1 fully saturated rings. The van der Waals surface area contributed by atoms with Crippen molar-refractivity contribution in [1.29, 1.82) is 0 Å². The van der Waals surface area contributed by atoms with E-state index in [9.17, 15) is 8.42 Å². The molecule has 1 aliphatic heterocycles. The minimum absolute atomic E-state index is 0.0537. The van der Waals surface area contributed by atoms with E-state index in [0.717, 1.165) is 31.1 Å². The van der Waals surface area contributed by atoms with Gasteiger partial charge < -0.3 is 4.90 Å². The van der Waals surface area contributed by atoms with Crippen molar-refractivity contribution in [3.8, 4) is 0 Å². The molecule has 18 heavy (non-hydrogen) atoms. The Balaban J connectivity index is 2.09. The van der Waals surface area contributed by atoms with Gasteiger partial charge in [-0.05, 0) is 19.8 Å². The van der Waals surface area contributed by atoms with Crippen molar-refractivity contribution in [1.82, 2.24) is 9.29 Å². The first-order valence-electron chi connectivity index (χ1n) is 5.98. The maximum absolute atomic E-state index is 11.6. The van der Waals surface area contributed by atoms with E-state index >= 15 is 0 Å². The van der Waals surface area contributed by atoms with E-state index in [2.05, 4.69) is 9.88 Å². The second kappa shape index (κ2) is 5.14. The van der Waals surface area contributed by atoms with Crippen LogP contribution in [0.1, 0.15) is 17.7 Å². The number of aryl methyl sites for hydroxylation is 1. The first-order valence-corrected chi connectivity index (χ1v) is 8.65. The van der Waals surface area contributed by atoms with Gasteiger partial charge in [0.05, 0.1) is 6.26 Å². The van der Waals surface area contributed by atoms with Crippen LogP contribution < -0.4 is 4.90 Å². The molecule has 2 rings (SSSR count). The molecule has 1 aromatic heterocycles. The Morgan fingerprint density at radius 1 is 1.56 bits per heavy atom. The molecule has 1 unspecified atom stereocenters. The second-order valence-corrected chi connectivity index (χ2v) is 8.03. The van der Waals surface area contributed by atoms with E-state index in [0.29, 0.717) is 0 Å². The number of anilines is 1. The lowest BCUT2D eigenvalue weighted by Crippen LogP contribution is -2.48. The topological polar surface area (TPSA) is 53.5 Å². The second-order valence-electron chi connectivity index (χ2n) is 4.77. The number of hydrogen-bond acceptors (Lipinski definition) is 5. The summed E-state index contributed by atoms with van der Waals surface area (Å²) in [6.07, 6.45) is 5.05. The average molecular weight is 289 g/mol. The largest absolute Gasteiger partial charge is 0.346 e. The molecule has 0 radical (unpaired) electrons. The number of hydrogen-bond donors (Lipinski definition) is 0. The minimum atomic E-state index is -3.11. The van der Waals surface area contributed by atoms with Crippen LogP contribution in [0.15, 0.2) is 6.20 Å². The van der Waals surface area contributed by atoms with E-state index < -0.39 is 10.0 Å². The number of thiazole rings is 1. The molecule has 1 saturated heterocycles. The van der Waals surface area contributed by atoms with Gasteiger partial charge in [-0.3, -0.25) is 0 Å². The highest BCUT2D eigenvalue weighted by atomic mass is 32.2. The highest BCUT2D eigenvalue weighted by molar-refractivity contribution is 7.88. The molecule has 0 aromatic carbocycles. The summed E-state index contributed by atoms with van der Waals surface area (Å²) in [5, 5.41) is 0.999. The highest BCUT2D eigenvalue weighted by Crippen LogP contribution is 2.26. The van der Waals surface area contributed by atoms with Crippen molar-refractivity contribution in [3.63, 3.8) is 0 Å². The lowest BCUT2D eigenvalue weighted by atomic mass is 10.1. The molecule has 1 aliphatic rings. The highest BCUT2D eigenvalue weighted by Gasteiger charge is 2.28. The van der Waals surface area contributed by atoms with Crippen molar-refractivity contribution in [2.24, 2.45) is 0 Å². The third kappa shape index (κ3) is 3.02. The zero-order chi connectivity index (χ0) is 13.3. The quantitative estimate of drug-likeness (QED) is 0.842. The molecule has 102 valence electrons. The molecule has 2 heterocycles. The van der Waals surface area contributed by atoms with Crippen LogP contribution in [0.3, 0.4) is 0 Å². The molecule has 7 heteroatoms. The van der Waals surface area contributed by atoms with Gasteiger partial charge in [0.2, 0.25) is 10.0 Å². The Morgan fingerprint density at radius 3 is 2.83 bits per heavy atom. The number of sulfonamides is 1. The third-order valence-electron chi connectivity index (χ3n) is 3.31. The maximum atomic E-state index is 11.6. The zero-order valence-corrected chi connectivity index (χ0v) is 12.6. The summed E-state index contributed by atoms with van der Waals surface area (Å²) in [7, 11) is -1.45. The predicted molar refractivity (Wildman–Crippen MR) is 74.7 cm³/mol. The fourth-order valence-corrected chi connectivity index (χ4v) is 3.69. The normalized spacial score (nSPS) is 21.6. The van der Waals surface area contributed by atoms with E-state index in [1.807, 2.05) is 13.1 Å². The van der Waals surface area contributed by atoms with Crippen LogP contribution in [0.2, 0.25) is 0 Å². The van der Waals surface area contributed by atoms with Crippen molar-refractivity contribution in [2.75, 3.05) is 31.3 Å². The molecule has 1 aromatic rings. The molecular formula is C11H19N3O2S2. The fraction of sp³-hybridized carbons (Fsp3) is 0.727. The number of nitrogens with zero attached hydrogens (tertiary/aromatic N) is 3. The van der Waals surface area contributed by atoms with Gasteiger partial charge in [-0.25, -0.2) is 17.7 Å². The van der Waals surface area contributed by atoms with Crippen molar-refractivity contribution < 1.29 is 8.42 Å². The summed E-state index contributed by atoms with van der Waals surface area (Å²) in [5.74, 6) is 0. The average Bonchev–Trinajstić information content (AvgIpc) is 2.74. The summed E-state index contributed by atoms with van der Waals surface area (Å²) in [6, 6.07) is 0.0537. The van der Waals surface area contributed by atoms with Crippen LogP contribution in [0.25, 0.3) is 0 Å². The summed E-state index contributed by atoms with van der Waals surface area (Å²) < 4.78 is 24.6. The first kappa shape index (κ1) is 13.8. The molecule has 5 nitrogen and oxygen atoms in total. The van der Waals surface area contributed by atoms with Crippen molar-refractivity contribution in [3.05, 3.63) is 11.1 Å². The standard InChI is InChI=1S/C11H19N3O2S2/c1-9-7-12-11(17-9)14-6-4-5-10(8-14)13(2)18(3,15)16/h7,10H,4-6,8H2,1-3H3. The lowest BCUT2D eigenvalue weighted by Gasteiger charge is -2.36. The molecule has 0 aliphatic carbocycles. The molecule has 0 amide bonds. The summed E-state index contributed by atoms with van der Waals surface area (Å²) in [5.41, 5.74) is 0. The van der Waals surface area contributed by atoms with Gasteiger partial charge in [-0.2, -0.15) is 0 Å². The first-order chi connectivity index (χ1) is 8.38. The molecule has 0 N–H and O–H groups in total. The van der Waals surface area contributed by atoms with Gasteiger partial charge in [0, 0.05) is 37.3 Å². The van der Waals surface area contributed by atoms with Crippen LogP contribution in [0.4, 0.5) is 5.13 Å². The van der Waals surface area contributed by atoms with Crippen LogP contribution in [-0.2, 0) is 10.0 Å². The van der Waals surface area contributed by atoms with Gasteiger partial charge >= 0.3 is 0 Å². The summed E-state index contributed by atoms with van der Waals surface area (Å²) in [4.78, 5) is 7.74. The monoisotopic (exact) mass is 289 g/mol. The molecule has 1 atom stereocenters. The molecule has 0 bridgehead atoms. The smallest absolute Gasteiger partial charge is 0.211 e. The minimum Gasteiger partial charge on any atom is -0.346 e. The van der Waals surface area contributed by atoms with Gasteiger partial charge in [-0.15, -0.1) is 11.3 Å². The lowest BCUT2D eigenvalue weighted by molar-refractivity contribution is 0.322. The number of piperidine rings is 1. The van der Waals surface area contributed by atoms with Gasteiger partial charge in [-0.1, -0.05) is 0 Å². The van der Waals surface area contributed by atoms with E-state index in [4.69, 9.17) is 0 Å². The van der Waals surface area contributed by atoms with Crippen molar-refractivity contribution >= 4 is 26.5 Å². The molecule has 0 saturated carbocycles. The van der Waals surface area contributed by atoms with Gasteiger partial charge in [0.1, 0.15) is 0 Å². The van der Waals surface area contributed by atoms with Crippen LogP contribution in [-0.4, -0.2) is 50.1 Å². The van der Waals surface area contributed by atoms with Gasteiger partial charge in [0.15, 0.2) is 5.13 Å². The predicted octanol–water partition coefficient (Wildman–Crippen LogP) is 1.31. The van der Waals surface area contributed by atoms with Crippen LogP contribution >= 0.6 is 11.3 Å². The Morgan fingerprint density at radius 2 is 2.28 bits per heavy atom. The SMILES string of the molecule is Cc1cnc(N2CCCC(N(C)S(C)(=O)=O)C2)s1. The number of aromatic nitrogens is 1. The molecular weight excluding hydrogens is 270 g/mol. The number of rotatable bonds is 3. The van der Waals surface area contributed by atoms with E-state index in [1.54, 1.807) is 18.4 Å². The third-order valence-corrected chi connectivity index (χ3v) is 5.63. The van der Waals surface area contributed by atoms with Crippen molar-refractivity contribution in [2.45, 2.75) is 25.8 Å². The van der Waals surface area contributed by atoms with Crippen LogP contribution in [0.5, 0.6) is 0 Å².